The van der Waals surface area contributed by atoms with Gasteiger partial charge < -0.3 is 8.83 Å². The lowest BCUT2D eigenvalue weighted by atomic mass is 9.82. The lowest BCUT2D eigenvalue weighted by Crippen LogP contribution is -2.14. The standard InChI is InChI=1S/C55H36N4O.C52H31N5O/c1-55(2)44-25-11-9-21-39(44)43-32-37(27-29-45(43)55)54-58-52(34-17-7-4-8-18-34)57-53(59-54)36-20-13-19-35(31-36)38-23-14-24-41-48-42(50(56-51(38)41)33-15-5-3-6-16-33)28-30-47-49(48)40-22-10-12-26-46(40)60-47;1-3-15-32(16-4-1)48-41-29-30-45-47(39-23-9-12-28-44(39)58-45)46(41)40-25-14-24-36(49(40)53-48)34-19-13-20-35(31-34)51-54-50(33-17-5-2-6-18-33)55-52(56-51)57-42-26-10-7-21-37(42)38-22-8-11-27-43(38)57/h3-32H,1-2H3;1-31H. The van der Waals surface area contributed by atoms with Crippen molar-refractivity contribution in [2.24, 2.45) is 0 Å². The molecule has 24 rings (SSSR count). The van der Waals surface area contributed by atoms with Gasteiger partial charge in [0.1, 0.15) is 22.3 Å². The van der Waals surface area contributed by atoms with Crippen LogP contribution in [0.25, 0.3) is 228 Å². The number of furan rings is 2. The van der Waals surface area contributed by atoms with Crippen molar-refractivity contribution in [2.45, 2.75) is 19.3 Å². The Balaban J connectivity index is 0.000000138. The molecule has 0 unspecified atom stereocenters. The van der Waals surface area contributed by atoms with Gasteiger partial charge in [0.05, 0.1) is 33.5 Å². The average molecular weight is 1510 g/mol. The molecule has 118 heavy (non-hydrogen) atoms. The third-order valence-electron chi connectivity index (χ3n) is 23.6. The number of hydrogen-bond acceptors (Lipinski definition) is 10. The second-order valence-electron chi connectivity index (χ2n) is 30.8. The topological polar surface area (TPSA) is 134 Å². The van der Waals surface area contributed by atoms with Crippen molar-refractivity contribution in [3.8, 4) is 119 Å². The van der Waals surface area contributed by atoms with Crippen LogP contribution < -0.4 is 0 Å². The van der Waals surface area contributed by atoms with Crippen LogP contribution in [0.3, 0.4) is 0 Å². The summed E-state index contributed by atoms with van der Waals surface area (Å²) >= 11 is 0. The Hall–Kier alpha value is -15.7. The van der Waals surface area contributed by atoms with Gasteiger partial charge in [-0.3, -0.25) is 4.57 Å². The second kappa shape index (κ2) is 27.3. The zero-order valence-corrected chi connectivity index (χ0v) is 64.1. The van der Waals surface area contributed by atoms with Gasteiger partial charge in [0.25, 0.3) is 0 Å². The molecule has 0 N–H and O–H groups in total. The molecule has 0 radical (unpaired) electrons. The molecule has 0 saturated carbocycles. The Bertz CT molecular complexity index is 7980. The van der Waals surface area contributed by atoms with Gasteiger partial charge in [-0.2, -0.15) is 9.97 Å². The fraction of sp³-hybridized carbons (Fsp3) is 0.0280. The first kappa shape index (κ1) is 67.9. The second-order valence-corrected chi connectivity index (χ2v) is 30.8. The zero-order chi connectivity index (χ0) is 78.1. The average Bonchev–Trinajstić information content (AvgIpc) is 1.32. The predicted octanol–water partition coefficient (Wildman–Crippen LogP) is 27.4. The zero-order valence-electron chi connectivity index (χ0n) is 64.1. The van der Waals surface area contributed by atoms with E-state index < -0.39 is 0 Å². The van der Waals surface area contributed by atoms with Gasteiger partial charge in [0, 0.05) is 120 Å². The van der Waals surface area contributed by atoms with Gasteiger partial charge in [-0.15, -0.1) is 0 Å². The van der Waals surface area contributed by atoms with Crippen molar-refractivity contribution in [1.82, 2.24) is 44.4 Å². The highest BCUT2D eigenvalue weighted by Gasteiger charge is 2.36. The van der Waals surface area contributed by atoms with Crippen molar-refractivity contribution in [1.29, 1.82) is 0 Å². The molecule has 7 aromatic heterocycles. The van der Waals surface area contributed by atoms with E-state index in [0.29, 0.717) is 35.1 Å². The third kappa shape index (κ3) is 11.1. The number of rotatable bonds is 10. The summed E-state index contributed by atoms with van der Waals surface area (Å²) in [4.78, 5) is 42.0. The van der Waals surface area contributed by atoms with E-state index in [4.69, 9.17) is 48.7 Å². The van der Waals surface area contributed by atoms with Gasteiger partial charge in [0.15, 0.2) is 29.1 Å². The van der Waals surface area contributed by atoms with Crippen molar-refractivity contribution < 1.29 is 8.83 Å². The Kier molecular flexibility index (Phi) is 15.7. The maximum absolute atomic E-state index is 6.42. The summed E-state index contributed by atoms with van der Waals surface area (Å²) in [7, 11) is 0. The van der Waals surface area contributed by atoms with Crippen molar-refractivity contribution in [2.75, 3.05) is 0 Å². The van der Waals surface area contributed by atoms with Crippen LogP contribution >= 0.6 is 0 Å². The summed E-state index contributed by atoms with van der Waals surface area (Å²) in [6, 6.07) is 128. The quantitative estimate of drug-likeness (QED) is 0.122. The summed E-state index contributed by atoms with van der Waals surface area (Å²) in [5.74, 6) is 3.63. The number of nitrogens with zero attached hydrogens (tertiary/aromatic N) is 9. The van der Waals surface area contributed by atoms with Crippen LogP contribution in [0.1, 0.15) is 25.0 Å². The van der Waals surface area contributed by atoms with E-state index in [1.807, 2.05) is 84.9 Å². The maximum atomic E-state index is 6.42. The molecule has 0 saturated heterocycles. The van der Waals surface area contributed by atoms with Crippen molar-refractivity contribution in [3.05, 3.63) is 381 Å². The molecule has 0 amide bonds. The summed E-state index contributed by atoms with van der Waals surface area (Å²) < 4.78 is 15.0. The van der Waals surface area contributed by atoms with Gasteiger partial charge in [-0.05, 0) is 100 Å². The summed E-state index contributed by atoms with van der Waals surface area (Å²) in [5, 5.41) is 13.2. The monoisotopic (exact) mass is 1510 g/mol. The van der Waals surface area contributed by atoms with Gasteiger partial charge in [-0.1, -0.05) is 317 Å². The van der Waals surface area contributed by atoms with Crippen molar-refractivity contribution >= 4 is 109 Å². The first-order valence-electron chi connectivity index (χ1n) is 39.8. The molecule has 11 heteroatoms. The number of benzene rings is 16. The Morgan fingerprint density at radius 3 is 1.08 bits per heavy atom. The highest BCUT2D eigenvalue weighted by molar-refractivity contribution is 6.31. The highest BCUT2D eigenvalue weighted by atomic mass is 16.3. The molecular weight excluding hydrogens is 1440 g/mol. The molecule has 1 aliphatic rings. The fourth-order valence-corrected chi connectivity index (χ4v) is 18.1. The van der Waals surface area contributed by atoms with Crippen molar-refractivity contribution in [3.63, 3.8) is 0 Å². The SMILES string of the molecule is CC1(C)c2ccccc2-c2cc(-c3nc(-c4ccccc4)nc(-c4cccc(-c5cccc6c5nc(-c5ccccc5)c5ccc7oc8ccccc8c7c56)c4)n3)ccc21.c1ccc(-c2nc(-c3cccc(-c4cccc5c4nc(-c4ccccc4)c4ccc6oc7ccccc7c6c45)c3)nc(-n3c4ccccc4c4ccccc43)n2)cc1. The maximum Gasteiger partial charge on any atom is 0.238 e. The van der Waals surface area contributed by atoms with E-state index in [1.54, 1.807) is 0 Å². The van der Waals surface area contributed by atoms with Crippen LogP contribution in [0, 0.1) is 0 Å². The lowest BCUT2D eigenvalue weighted by Gasteiger charge is -2.21. The van der Waals surface area contributed by atoms with Crippen LogP contribution in [0.4, 0.5) is 0 Å². The normalized spacial score (nSPS) is 12.4. The number of hydrogen-bond donors (Lipinski definition) is 0. The highest BCUT2D eigenvalue weighted by Crippen LogP contribution is 2.51. The van der Waals surface area contributed by atoms with Gasteiger partial charge in [-0.25, -0.2) is 29.9 Å². The van der Waals surface area contributed by atoms with E-state index in [-0.39, 0.29) is 5.41 Å². The van der Waals surface area contributed by atoms with E-state index in [1.165, 1.54) is 22.3 Å². The molecule has 11 nitrogen and oxygen atoms in total. The summed E-state index contributed by atoms with van der Waals surface area (Å²) in [5.41, 5.74) is 25.0. The minimum absolute atomic E-state index is 0.0900. The molecular formula is C107H67N9O2. The van der Waals surface area contributed by atoms with E-state index >= 15 is 0 Å². The van der Waals surface area contributed by atoms with Crippen LogP contribution in [-0.2, 0) is 5.41 Å². The minimum Gasteiger partial charge on any atom is -0.456 e. The number of para-hydroxylation sites is 6. The first-order valence-corrected chi connectivity index (χ1v) is 39.8. The molecule has 0 bridgehead atoms. The van der Waals surface area contributed by atoms with Crippen LogP contribution in [0.5, 0.6) is 0 Å². The molecule has 1 aliphatic carbocycles. The summed E-state index contributed by atoms with van der Waals surface area (Å²) in [6.45, 7) is 4.60. The Labute approximate surface area is 677 Å². The smallest absolute Gasteiger partial charge is 0.238 e. The first-order chi connectivity index (χ1) is 58.3. The fourth-order valence-electron chi connectivity index (χ4n) is 18.1. The lowest BCUT2D eigenvalue weighted by molar-refractivity contribution is 0.660. The van der Waals surface area contributed by atoms with Gasteiger partial charge in [0.2, 0.25) is 5.95 Å². The molecule has 23 aromatic rings. The van der Waals surface area contributed by atoms with Crippen LogP contribution in [-0.4, -0.2) is 44.4 Å². The molecule has 16 aromatic carbocycles. The molecule has 0 fully saturated rings. The molecule has 7 heterocycles. The Morgan fingerprint density at radius 2 is 0.576 bits per heavy atom. The van der Waals surface area contributed by atoms with Crippen LogP contribution in [0.15, 0.2) is 379 Å². The van der Waals surface area contributed by atoms with Gasteiger partial charge >= 0.3 is 0 Å². The largest absolute Gasteiger partial charge is 0.456 e. The predicted molar refractivity (Wildman–Crippen MR) is 481 cm³/mol. The molecule has 0 aliphatic heterocycles. The Morgan fingerprint density at radius 1 is 0.220 bits per heavy atom. The summed E-state index contributed by atoms with van der Waals surface area (Å²) in [6.07, 6.45) is 0. The molecule has 0 atom stereocenters. The number of fused-ring (bicyclic) bond motifs is 20. The third-order valence-corrected chi connectivity index (χ3v) is 23.6. The van der Waals surface area contributed by atoms with E-state index in [2.05, 4.69) is 304 Å². The van der Waals surface area contributed by atoms with E-state index in [0.717, 1.165) is 182 Å². The molecule has 0 spiro atoms. The van der Waals surface area contributed by atoms with Crippen LogP contribution in [0.2, 0.25) is 0 Å². The molecule has 552 valence electrons. The van der Waals surface area contributed by atoms with E-state index in [9.17, 15) is 0 Å². The minimum atomic E-state index is -0.0900. The number of pyridine rings is 2. The number of aromatic nitrogens is 9.